The fraction of sp³-hybridized carbons (Fsp3) is 0.706. The summed E-state index contributed by atoms with van der Waals surface area (Å²) >= 11 is 0. The molecule has 0 aliphatic heterocycles. The Morgan fingerprint density at radius 2 is 2.05 bits per heavy atom. The van der Waals surface area contributed by atoms with Crippen LogP contribution in [0.4, 0.5) is 0 Å². The fourth-order valence-corrected chi connectivity index (χ4v) is 5.20. The average molecular weight is 306 g/mol. The minimum absolute atomic E-state index is 0.230. The van der Waals surface area contributed by atoms with Crippen LogP contribution in [-0.4, -0.2) is 30.4 Å². The first-order chi connectivity index (χ1) is 10.3. The fourth-order valence-electron chi connectivity index (χ4n) is 5.20. The molecule has 22 heavy (non-hydrogen) atoms. The van der Waals surface area contributed by atoms with Gasteiger partial charge in [-0.25, -0.2) is 9.59 Å². The zero-order valence-electron chi connectivity index (χ0n) is 13.1. The van der Waals surface area contributed by atoms with Crippen LogP contribution in [0.5, 0.6) is 0 Å². The molecule has 0 heterocycles. The van der Waals surface area contributed by atoms with Crippen LogP contribution in [0.15, 0.2) is 12.7 Å². The first kappa shape index (κ1) is 15.3. The summed E-state index contributed by atoms with van der Waals surface area (Å²) in [4.78, 5) is 35.8. The molecule has 4 aliphatic rings. The smallest absolute Gasteiger partial charge is 0.344 e. The maximum Gasteiger partial charge on any atom is 0.344 e. The lowest BCUT2D eigenvalue weighted by Gasteiger charge is -2.61. The zero-order chi connectivity index (χ0) is 16.1. The van der Waals surface area contributed by atoms with Crippen molar-refractivity contribution in [2.24, 2.45) is 22.7 Å². The molecule has 4 fully saturated rings. The molecule has 0 N–H and O–H groups in total. The van der Waals surface area contributed by atoms with Gasteiger partial charge in [-0.3, -0.25) is 4.79 Å². The second-order valence-electron chi connectivity index (χ2n) is 7.50. The lowest BCUT2D eigenvalue weighted by Crippen LogP contribution is -2.65. The molecule has 5 heteroatoms. The van der Waals surface area contributed by atoms with Gasteiger partial charge in [-0.15, -0.1) is 0 Å². The van der Waals surface area contributed by atoms with Gasteiger partial charge in [0.1, 0.15) is 11.9 Å². The number of carbonyl (C=O) groups is 3. The van der Waals surface area contributed by atoms with E-state index in [4.69, 9.17) is 9.47 Å². The second kappa shape index (κ2) is 4.93. The van der Waals surface area contributed by atoms with E-state index >= 15 is 0 Å². The second-order valence-corrected chi connectivity index (χ2v) is 7.50. The molecule has 5 atom stereocenters. The molecule has 5 nitrogen and oxygen atoms in total. The van der Waals surface area contributed by atoms with Gasteiger partial charge in [0.25, 0.3) is 0 Å². The average Bonchev–Trinajstić information content (AvgIpc) is 2.46. The van der Waals surface area contributed by atoms with E-state index in [-0.39, 0.29) is 23.2 Å². The molecule has 4 saturated carbocycles. The lowest BCUT2D eigenvalue weighted by atomic mass is 9.43. The highest BCUT2D eigenvalue weighted by Gasteiger charge is 2.65. The van der Waals surface area contributed by atoms with Gasteiger partial charge >= 0.3 is 11.9 Å². The number of ketones is 1. The normalized spacial score (nSPS) is 42.1. The molecule has 5 unspecified atom stereocenters. The number of hydrogen-bond donors (Lipinski definition) is 0. The van der Waals surface area contributed by atoms with E-state index in [0.29, 0.717) is 5.92 Å². The number of rotatable bonds is 4. The summed E-state index contributed by atoms with van der Waals surface area (Å²) < 4.78 is 10.3. The van der Waals surface area contributed by atoms with Crippen LogP contribution in [0.25, 0.3) is 0 Å². The molecular formula is C17H22O5. The van der Waals surface area contributed by atoms with Crippen molar-refractivity contribution in [3.8, 4) is 0 Å². The predicted octanol–water partition coefficient (Wildman–Crippen LogP) is 2.04. The highest BCUT2D eigenvalue weighted by atomic mass is 16.6. The number of hydrogen-bond acceptors (Lipinski definition) is 5. The summed E-state index contributed by atoms with van der Waals surface area (Å²) in [5, 5.41) is 0. The number of carbonyl (C=O) groups excluding carboxylic acids is 3. The largest absolute Gasteiger partial charge is 0.459 e. The summed E-state index contributed by atoms with van der Waals surface area (Å²) in [6, 6.07) is 0. The van der Waals surface area contributed by atoms with Gasteiger partial charge in [0.15, 0.2) is 6.61 Å². The Kier molecular flexibility index (Phi) is 3.42. The van der Waals surface area contributed by atoms with Gasteiger partial charge in [0.05, 0.1) is 5.41 Å². The van der Waals surface area contributed by atoms with Crippen LogP contribution in [0.2, 0.25) is 0 Å². The Morgan fingerprint density at radius 3 is 2.73 bits per heavy atom. The van der Waals surface area contributed by atoms with Crippen molar-refractivity contribution in [1.29, 1.82) is 0 Å². The van der Waals surface area contributed by atoms with Crippen LogP contribution >= 0.6 is 0 Å². The van der Waals surface area contributed by atoms with Crippen LogP contribution in [0, 0.1) is 22.7 Å². The molecule has 0 aromatic heterocycles. The van der Waals surface area contributed by atoms with E-state index in [0.717, 1.165) is 31.8 Å². The van der Waals surface area contributed by atoms with E-state index in [1.54, 1.807) is 0 Å². The van der Waals surface area contributed by atoms with Crippen LogP contribution in [0.3, 0.4) is 0 Å². The molecular weight excluding hydrogens is 284 g/mol. The van der Waals surface area contributed by atoms with Crippen molar-refractivity contribution < 1.29 is 23.9 Å². The van der Waals surface area contributed by atoms with Gasteiger partial charge in [-0.1, -0.05) is 13.5 Å². The van der Waals surface area contributed by atoms with Crippen molar-refractivity contribution in [1.82, 2.24) is 0 Å². The van der Waals surface area contributed by atoms with Crippen LogP contribution in [0.1, 0.15) is 39.5 Å². The zero-order valence-corrected chi connectivity index (χ0v) is 13.1. The van der Waals surface area contributed by atoms with Crippen molar-refractivity contribution in [3.63, 3.8) is 0 Å². The summed E-state index contributed by atoms with van der Waals surface area (Å²) in [5.41, 5.74) is -0.838. The summed E-state index contributed by atoms with van der Waals surface area (Å²) in [6.07, 6.45) is 4.18. The Balaban J connectivity index is 1.72. The van der Waals surface area contributed by atoms with Gasteiger partial charge in [0.2, 0.25) is 0 Å². The summed E-state index contributed by atoms with van der Waals surface area (Å²) in [7, 11) is 0. The molecule has 4 aliphatic carbocycles. The number of Topliss-reactive ketones (excluding diaryl/α,β-unsaturated/α-hetero) is 1. The molecule has 0 amide bonds. The highest BCUT2D eigenvalue weighted by molar-refractivity contribution is 5.93. The third kappa shape index (κ3) is 2.18. The maximum absolute atomic E-state index is 12.8. The Hall–Kier alpha value is -1.65. The van der Waals surface area contributed by atoms with E-state index in [2.05, 4.69) is 13.5 Å². The Labute approximate surface area is 130 Å². The van der Waals surface area contributed by atoms with E-state index in [9.17, 15) is 14.4 Å². The van der Waals surface area contributed by atoms with Gasteiger partial charge < -0.3 is 9.47 Å². The minimum atomic E-state index is -0.656. The lowest BCUT2D eigenvalue weighted by molar-refractivity contribution is -0.204. The van der Waals surface area contributed by atoms with E-state index in [1.807, 2.05) is 6.92 Å². The standard InChI is InChI=1S/C17H22O5/c1-4-12(18)21-9-13(19)22-14-11-5-10-6-16(2,8-11)15(20)17(14,3)7-10/h4,10-11,14H,1,5-9H2,2-3H3. The first-order valence-corrected chi connectivity index (χ1v) is 7.82. The molecule has 120 valence electrons. The maximum atomic E-state index is 12.8. The quantitative estimate of drug-likeness (QED) is 0.587. The van der Waals surface area contributed by atoms with Gasteiger partial charge in [0, 0.05) is 11.5 Å². The minimum Gasteiger partial charge on any atom is -0.459 e. The highest BCUT2D eigenvalue weighted by Crippen LogP contribution is 2.63. The number of ether oxygens (including phenoxy) is 2. The summed E-state index contributed by atoms with van der Waals surface area (Å²) in [6.45, 7) is 6.82. The Morgan fingerprint density at radius 1 is 1.32 bits per heavy atom. The van der Waals surface area contributed by atoms with E-state index < -0.39 is 24.0 Å². The number of esters is 2. The van der Waals surface area contributed by atoms with Gasteiger partial charge in [-0.2, -0.15) is 0 Å². The first-order valence-electron chi connectivity index (χ1n) is 7.82. The molecule has 0 radical (unpaired) electrons. The topological polar surface area (TPSA) is 69.7 Å². The molecule has 0 saturated heterocycles. The van der Waals surface area contributed by atoms with Crippen molar-refractivity contribution in [3.05, 3.63) is 12.7 Å². The van der Waals surface area contributed by atoms with Crippen LogP contribution < -0.4 is 0 Å². The molecule has 4 rings (SSSR count). The molecule has 0 aromatic rings. The SMILES string of the molecule is C=CC(=O)OCC(=O)OC1C2CC3CC(C)(C2)C(=O)C1(C)C3. The molecule has 0 spiro atoms. The van der Waals surface area contributed by atoms with Crippen molar-refractivity contribution in [2.45, 2.75) is 45.6 Å². The molecule has 4 bridgehead atoms. The predicted molar refractivity (Wildman–Crippen MR) is 77.7 cm³/mol. The van der Waals surface area contributed by atoms with Crippen molar-refractivity contribution >= 4 is 17.7 Å². The Bertz CT molecular complexity index is 553. The van der Waals surface area contributed by atoms with Crippen LogP contribution in [-0.2, 0) is 23.9 Å². The van der Waals surface area contributed by atoms with Gasteiger partial charge in [-0.05, 0) is 44.4 Å². The summed E-state index contributed by atoms with van der Waals surface area (Å²) in [5.74, 6) is -0.226. The monoisotopic (exact) mass is 306 g/mol. The third-order valence-corrected chi connectivity index (χ3v) is 5.68. The third-order valence-electron chi connectivity index (χ3n) is 5.68. The molecule has 0 aromatic carbocycles. The van der Waals surface area contributed by atoms with Crippen molar-refractivity contribution in [2.75, 3.05) is 6.61 Å². The van der Waals surface area contributed by atoms with E-state index in [1.165, 1.54) is 0 Å².